The number of benzene rings is 1. The Morgan fingerprint density at radius 1 is 1.35 bits per heavy atom. The molecule has 3 N–H and O–H groups in total. The van der Waals surface area contributed by atoms with Crippen LogP contribution in [0.2, 0.25) is 0 Å². The number of hydrogen-bond donors (Lipinski definition) is 2. The van der Waals surface area contributed by atoms with Gasteiger partial charge in [-0.1, -0.05) is 26.3 Å². The van der Waals surface area contributed by atoms with E-state index >= 15 is 0 Å². The Hall–Kier alpha value is -1.18. The first-order valence-electron chi connectivity index (χ1n) is 6.59. The first-order chi connectivity index (χ1) is 7.96. The second-order valence-corrected chi connectivity index (χ2v) is 6.17. The van der Waals surface area contributed by atoms with Crippen molar-refractivity contribution in [3.05, 3.63) is 23.8 Å². The van der Waals surface area contributed by atoms with E-state index in [1.807, 2.05) is 6.92 Å². The van der Waals surface area contributed by atoms with E-state index in [9.17, 15) is 0 Å². The molecule has 0 spiro atoms. The van der Waals surface area contributed by atoms with Crippen molar-refractivity contribution in [1.29, 1.82) is 0 Å². The number of rotatable bonds is 2. The van der Waals surface area contributed by atoms with Gasteiger partial charge in [0.2, 0.25) is 0 Å². The Labute approximate surface area is 105 Å². The van der Waals surface area contributed by atoms with Crippen LogP contribution in [0.15, 0.2) is 18.2 Å². The minimum Gasteiger partial charge on any atom is -0.398 e. The second kappa shape index (κ2) is 4.59. The molecule has 17 heavy (non-hydrogen) atoms. The highest BCUT2D eigenvalue weighted by Gasteiger charge is 2.27. The zero-order valence-corrected chi connectivity index (χ0v) is 11.2. The Morgan fingerprint density at radius 3 is 2.76 bits per heavy atom. The molecule has 2 heteroatoms. The maximum absolute atomic E-state index is 5.94. The summed E-state index contributed by atoms with van der Waals surface area (Å²) in [5, 5.41) is 3.62. The minimum absolute atomic E-state index is 0.478. The van der Waals surface area contributed by atoms with Crippen molar-refractivity contribution in [3.63, 3.8) is 0 Å². The number of nitrogens with one attached hydrogen (secondary N) is 1. The fourth-order valence-electron chi connectivity index (χ4n) is 2.79. The van der Waals surface area contributed by atoms with Gasteiger partial charge in [0.25, 0.3) is 0 Å². The molecule has 0 saturated heterocycles. The minimum atomic E-state index is 0.478. The summed E-state index contributed by atoms with van der Waals surface area (Å²) in [5.41, 5.74) is 9.61. The highest BCUT2D eigenvalue weighted by Crippen LogP contribution is 2.36. The second-order valence-electron chi connectivity index (χ2n) is 6.17. The zero-order chi connectivity index (χ0) is 12.5. The molecule has 0 aliphatic heterocycles. The van der Waals surface area contributed by atoms with Gasteiger partial charge in [0.1, 0.15) is 0 Å². The van der Waals surface area contributed by atoms with Crippen LogP contribution in [0, 0.1) is 12.3 Å². The van der Waals surface area contributed by atoms with Crippen molar-refractivity contribution in [2.75, 3.05) is 11.1 Å². The van der Waals surface area contributed by atoms with Crippen LogP contribution >= 0.6 is 0 Å². The molecule has 1 aliphatic carbocycles. The summed E-state index contributed by atoms with van der Waals surface area (Å²) in [4.78, 5) is 0. The molecule has 1 aromatic carbocycles. The smallest absolute Gasteiger partial charge is 0.0364 e. The first-order valence-corrected chi connectivity index (χ1v) is 6.59. The molecule has 0 heterocycles. The van der Waals surface area contributed by atoms with E-state index in [0.29, 0.717) is 11.5 Å². The van der Waals surface area contributed by atoms with Gasteiger partial charge in [-0.05, 0) is 49.3 Å². The fourth-order valence-corrected chi connectivity index (χ4v) is 2.79. The van der Waals surface area contributed by atoms with Gasteiger partial charge in [0, 0.05) is 17.4 Å². The van der Waals surface area contributed by atoms with Crippen molar-refractivity contribution >= 4 is 11.4 Å². The maximum atomic E-state index is 5.94. The molecule has 94 valence electrons. The van der Waals surface area contributed by atoms with Crippen LogP contribution in [0.25, 0.3) is 0 Å². The van der Waals surface area contributed by atoms with E-state index in [2.05, 4.69) is 37.4 Å². The van der Waals surface area contributed by atoms with Gasteiger partial charge >= 0.3 is 0 Å². The molecule has 2 rings (SSSR count). The lowest BCUT2D eigenvalue weighted by atomic mass is 9.75. The maximum Gasteiger partial charge on any atom is 0.0364 e. The van der Waals surface area contributed by atoms with Crippen molar-refractivity contribution < 1.29 is 0 Å². The molecule has 1 saturated carbocycles. The van der Waals surface area contributed by atoms with Crippen LogP contribution in [0.5, 0.6) is 0 Å². The van der Waals surface area contributed by atoms with Gasteiger partial charge < -0.3 is 11.1 Å². The first kappa shape index (κ1) is 12.3. The molecule has 2 nitrogen and oxygen atoms in total. The zero-order valence-electron chi connectivity index (χ0n) is 11.2. The standard InChI is InChI=1S/C15H24N2/c1-11-6-7-12(9-14(11)16)17-13-5-4-8-15(2,3)10-13/h6-7,9,13,17H,4-5,8,10,16H2,1-3H3. The Bertz CT molecular complexity index is 396. The summed E-state index contributed by atoms with van der Waals surface area (Å²) in [5.74, 6) is 0. The number of hydrogen-bond acceptors (Lipinski definition) is 2. The highest BCUT2D eigenvalue weighted by molar-refractivity contribution is 5.58. The molecule has 1 unspecified atom stereocenters. The summed E-state index contributed by atoms with van der Waals surface area (Å²) in [6, 6.07) is 6.87. The summed E-state index contributed by atoms with van der Waals surface area (Å²) in [6.45, 7) is 6.78. The molecule has 1 aliphatic rings. The van der Waals surface area contributed by atoms with Gasteiger partial charge in [-0.3, -0.25) is 0 Å². The molecule has 0 bridgehead atoms. The van der Waals surface area contributed by atoms with Gasteiger partial charge in [0.15, 0.2) is 0 Å². The van der Waals surface area contributed by atoms with Crippen molar-refractivity contribution in [3.8, 4) is 0 Å². The van der Waals surface area contributed by atoms with Gasteiger partial charge in [-0.25, -0.2) is 0 Å². The van der Waals surface area contributed by atoms with Crippen molar-refractivity contribution in [2.45, 2.75) is 52.5 Å². The van der Waals surface area contributed by atoms with Gasteiger partial charge in [0.05, 0.1) is 0 Å². The fraction of sp³-hybridized carbons (Fsp3) is 0.600. The predicted molar refractivity (Wildman–Crippen MR) is 75.3 cm³/mol. The van der Waals surface area contributed by atoms with Crippen LogP contribution < -0.4 is 11.1 Å². The summed E-state index contributed by atoms with van der Waals surface area (Å²) in [6.07, 6.45) is 5.20. The van der Waals surface area contributed by atoms with E-state index in [1.165, 1.54) is 25.7 Å². The third kappa shape index (κ3) is 3.15. The quantitative estimate of drug-likeness (QED) is 0.757. The Balaban J connectivity index is 2.03. The lowest BCUT2D eigenvalue weighted by molar-refractivity contribution is 0.229. The van der Waals surface area contributed by atoms with E-state index in [4.69, 9.17) is 5.73 Å². The largest absolute Gasteiger partial charge is 0.398 e. The highest BCUT2D eigenvalue weighted by atomic mass is 14.9. The monoisotopic (exact) mass is 232 g/mol. The van der Waals surface area contributed by atoms with Crippen LogP contribution in [0.3, 0.4) is 0 Å². The van der Waals surface area contributed by atoms with Crippen molar-refractivity contribution in [1.82, 2.24) is 0 Å². The molecule has 1 aromatic rings. The van der Waals surface area contributed by atoms with Crippen LogP contribution in [0.1, 0.15) is 45.1 Å². The third-order valence-electron chi connectivity index (χ3n) is 3.86. The molecular weight excluding hydrogens is 208 g/mol. The summed E-state index contributed by atoms with van der Waals surface area (Å²) in [7, 11) is 0. The summed E-state index contributed by atoms with van der Waals surface area (Å²) >= 11 is 0. The topological polar surface area (TPSA) is 38.0 Å². The SMILES string of the molecule is Cc1ccc(NC2CCCC(C)(C)C2)cc1N. The third-order valence-corrected chi connectivity index (χ3v) is 3.86. The average molecular weight is 232 g/mol. The lowest BCUT2D eigenvalue weighted by Gasteiger charge is -2.36. The number of anilines is 2. The predicted octanol–water partition coefficient (Wildman–Crippen LogP) is 3.96. The number of nitrogen functional groups attached to an aromatic ring is 1. The molecule has 0 radical (unpaired) electrons. The van der Waals surface area contributed by atoms with E-state index in [1.54, 1.807) is 0 Å². The molecule has 0 amide bonds. The molecule has 1 fully saturated rings. The van der Waals surface area contributed by atoms with Crippen LogP contribution in [0.4, 0.5) is 11.4 Å². The van der Waals surface area contributed by atoms with Gasteiger partial charge in [-0.15, -0.1) is 0 Å². The van der Waals surface area contributed by atoms with E-state index in [0.717, 1.165) is 16.9 Å². The van der Waals surface area contributed by atoms with Crippen LogP contribution in [-0.2, 0) is 0 Å². The normalized spacial score (nSPS) is 23.4. The Kier molecular flexibility index (Phi) is 3.32. The average Bonchev–Trinajstić information content (AvgIpc) is 2.22. The van der Waals surface area contributed by atoms with E-state index < -0.39 is 0 Å². The molecule has 0 aromatic heterocycles. The number of aryl methyl sites for hydroxylation is 1. The van der Waals surface area contributed by atoms with E-state index in [-0.39, 0.29) is 0 Å². The van der Waals surface area contributed by atoms with Crippen molar-refractivity contribution in [2.24, 2.45) is 5.41 Å². The van der Waals surface area contributed by atoms with Crippen LogP contribution in [-0.4, -0.2) is 6.04 Å². The molecular formula is C15H24N2. The van der Waals surface area contributed by atoms with Gasteiger partial charge in [-0.2, -0.15) is 0 Å². The lowest BCUT2D eigenvalue weighted by Crippen LogP contribution is -2.31. The summed E-state index contributed by atoms with van der Waals surface area (Å²) < 4.78 is 0. The number of nitrogens with two attached hydrogens (primary N) is 1. The molecule has 1 atom stereocenters. The Morgan fingerprint density at radius 2 is 2.12 bits per heavy atom.